The van der Waals surface area contributed by atoms with Crippen LogP contribution in [0, 0.1) is 5.41 Å². The molecule has 2 atom stereocenters. The highest BCUT2D eigenvalue weighted by molar-refractivity contribution is 6.38. The molecule has 2 aromatic carbocycles. The number of amides is 1. The van der Waals surface area contributed by atoms with E-state index >= 15 is 0 Å². The predicted molar refractivity (Wildman–Crippen MR) is 143 cm³/mol. The second kappa shape index (κ2) is 12.8. The van der Waals surface area contributed by atoms with Gasteiger partial charge in [0.05, 0.1) is 14.2 Å². The molecule has 0 bridgehead atoms. The first-order valence-corrected chi connectivity index (χ1v) is 13.2. The SMILES string of the molecule is CCC(C)(C)C(=O)C(=O)N1CCCCC1C(=O)OC(CCc1ccc(OC)c(OC)c1)c1cccc(O)c1. The highest BCUT2D eigenvalue weighted by Crippen LogP contribution is 2.32. The Morgan fingerprint density at radius 1 is 1.05 bits per heavy atom. The molecule has 1 heterocycles. The zero-order valence-electron chi connectivity index (χ0n) is 23.0. The number of Topliss-reactive ketones (excluding diaryl/α,β-unsaturated/α-hetero) is 1. The number of hydrogen-bond donors (Lipinski definition) is 1. The molecule has 1 saturated heterocycles. The van der Waals surface area contributed by atoms with Crippen LogP contribution in [-0.4, -0.2) is 54.5 Å². The number of phenols is 1. The lowest BCUT2D eigenvalue weighted by Gasteiger charge is -2.36. The minimum atomic E-state index is -0.825. The fourth-order valence-electron chi connectivity index (χ4n) is 4.57. The largest absolute Gasteiger partial charge is 0.508 e. The monoisotopic (exact) mass is 525 g/mol. The van der Waals surface area contributed by atoms with Gasteiger partial charge in [-0.15, -0.1) is 0 Å². The van der Waals surface area contributed by atoms with E-state index in [-0.39, 0.29) is 5.75 Å². The Morgan fingerprint density at radius 2 is 1.79 bits per heavy atom. The van der Waals surface area contributed by atoms with Crippen LogP contribution in [0.4, 0.5) is 0 Å². The number of phenolic OH excluding ortho intramolecular Hbond substituents is 1. The summed E-state index contributed by atoms with van der Waals surface area (Å²) in [6.07, 6.45) is 2.78. The zero-order chi connectivity index (χ0) is 27.9. The fraction of sp³-hybridized carbons (Fsp3) is 0.500. The summed E-state index contributed by atoms with van der Waals surface area (Å²) in [5.41, 5.74) is 0.813. The van der Waals surface area contributed by atoms with Crippen LogP contribution in [0.3, 0.4) is 0 Å². The van der Waals surface area contributed by atoms with Crippen LogP contribution >= 0.6 is 0 Å². The van der Waals surface area contributed by atoms with Crippen molar-refractivity contribution in [2.75, 3.05) is 20.8 Å². The summed E-state index contributed by atoms with van der Waals surface area (Å²) in [5, 5.41) is 10.1. The maximum atomic E-state index is 13.5. The highest BCUT2D eigenvalue weighted by Gasteiger charge is 2.41. The van der Waals surface area contributed by atoms with E-state index < -0.39 is 35.2 Å². The van der Waals surface area contributed by atoms with E-state index in [1.54, 1.807) is 52.3 Å². The standard InChI is InChI=1S/C30H39NO7/c1-6-30(2,3)27(33)28(34)31-17-8-7-12-23(31)29(35)38-24(21-10-9-11-22(32)19-21)15-13-20-14-16-25(36-4)26(18-20)37-5/h9-11,14,16,18-19,23-24,32H,6-8,12-13,15,17H2,1-5H3. The third-order valence-corrected chi connectivity index (χ3v) is 7.37. The molecule has 8 heteroatoms. The van der Waals surface area contributed by atoms with Crippen LogP contribution in [0.1, 0.15) is 70.1 Å². The van der Waals surface area contributed by atoms with Gasteiger partial charge in [-0.05, 0) is 73.9 Å². The van der Waals surface area contributed by atoms with Crippen molar-refractivity contribution in [3.8, 4) is 17.2 Å². The van der Waals surface area contributed by atoms with Gasteiger partial charge in [0.1, 0.15) is 17.9 Å². The molecule has 0 spiro atoms. The molecule has 1 N–H and O–H groups in total. The molecular formula is C30H39NO7. The molecule has 0 radical (unpaired) electrons. The number of aromatic hydroxyl groups is 1. The van der Waals surface area contributed by atoms with Gasteiger partial charge in [0.25, 0.3) is 5.91 Å². The number of carbonyl (C=O) groups excluding carboxylic acids is 3. The second-order valence-corrected chi connectivity index (χ2v) is 10.3. The van der Waals surface area contributed by atoms with Crippen molar-refractivity contribution in [1.82, 2.24) is 4.90 Å². The molecule has 3 rings (SSSR count). The first-order chi connectivity index (χ1) is 18.1. The first kappa shape index (κ1) is 29.0. The zero-order valence-corrected chi connectivity index (χ0v) is 23.0. The summed E-state index contributed by atoms with van der Waals surface area (Å²) in [6, 6.07) is 11.4. The molecule has 1 aliphatic rings. The van der Waals surface area contributed by atoms with E-state index in [9.17, 15) is 19.5 Å². The molecule has 0 aliphatic carbocycles. The number of methoxy groups -OCH3 is 2. The van der Waals surface area contributed by atoms with Crippen molar-refractivity contribution in [1.29, 1.82) is 0 Å². The average Bonchev–Trinajstić information content (AvgIpc) is 2.93. The molecule has 1 aliphatic heterocycles. The summed E-state index contributed by atoms with van der Waals surface area (Å²) in [5.74, 6) is -0.366. The van der Waals surface area contributed by atoms with Gasteiger partial charge in [-0.25, -0.2) is 4.79 Å². The Kier molecular flexibility index (Phi) is 9.78. The van der Waals surface area contributed by atoms with E-state index in [2.05, 4.69) is 0 Å². The minimum absolute atomic E-state index is 0.0662. The van der Waals surface area contributed by atoms with Crippen molar-refractivity contribution in [2.24, 2.45) is 5.41 Å². The number of hydrogen-bond acceptors (Lipinski definition) is 7. The van der Waals surface area contributed by atoms with Crippen molar-refractivity contribution in [3.63, 3.8) is 0 Å². The van der Waals surface area contributed by atoms with Crippen LogP contribution in [-0.2, 0) is 25.5 Å². The van der Waals surface area contributed by atoms with E-state index in [0.717, 1.165) is 18.4 Å². The maximum Gasteiger partial charge on any atom is 0.329 e. The molecule has 206 valence electrons. The van der Waals surface area contributed by atoms with Gasteiger partial charge >= 0.3 is 5.97 Å². The predicted octanol–water partition coefficient (Wildman–Crippen LogP) is 5.01. The average molecular weight is 526 g/mol. The Hall–Kier alpha value is -3.55. The van der Waals surface area contributed by atoms with Crippen LogP contribution in [0.15, 0.2) is 42.5 Å². The van der Waals surface area contributed by atoms with E-state index in [1.807, 2.05) is 25.1 Å². The summed E-state index contributed by atoms with van der Waals surface area (Å²) < 4.78 is 16.7. The van der Waals surface area contributed by atoms with Crippen LogP contribution in [0.25, 0.3) is 0 Å². The number of ether oxygens (including phenoxy) is 3. The van der Waals surface area contributed by atoms with Crippen molar-refractivity contribution in [2.45, 2.75) is 71.4 Å². The van der Waals surface area contributed by atoms with Gasteiger partial charge < -0.3 is 24.2 Å². The molecule has 1 amide bonds. The molecule has 0 saturated carbocycles. The third-order valence-electron chi connectivity index (χ3n) is 7.37. The van der Waals surface area contributed by atoms with Gasteiger partial charge in [-0.3, -0.25) is 9.59 Å². The molecule has 8 nitrogen and oxygen atoms in total. The molecule has 2 unspecified atom stereocenters. The Bertz CT molecular complexity index is 1140. The van der Waals surface area contributed by atoms with E-state index in [4.69, 9.17) is 14.2 Å². The molecule has 1 fully saturated rings. The van der Waals surface area contributed by atoms with Crippen molar-refractivity contribution < 1.29 is 33.7 Å². The highest BCUT2D eigenvalue weighted by atomic mass is 16.5. The smallest absolute Gasteiger partial charge is 0.329 e. The molecule has 2 aromatic rings. The van der Waals surface area contributed by atoms with Crippen molar-refractivity contribution >= 4 is 17.7 Å². The Labute approximate surface area is 224 Å². The number of aryl methyl sites for hydroxylation is 1. The van der Waals surface area contributed by atoms with E-state index in [1.165, 1.54) is 4.90 Å². The summed E-state index contributed by atoms with van der Waals surface area (Å²) in [6.45, 7) is 5.70. The van der Waals surface area contributed by atoms with Crippen LogP contribution < -0.4 is 9.47 Å². The lowest BCUT2D eigenvalue weighted by molar-refractivity contribution is -0.164. The van der Waals surface area contributed by atoms with Gasteiger partial charge in [0, 0.05) is 12.0 Å². The topological polar surface area (TPSA) is 102 Å². The van der Waals surface area contributed by atoms with Crippen LogP contribution in [0.2, 0.25) is 0 Å². The molecule has 0 aromatic heterocycles. The number of ketones is 1. The lowest BCUT2D eigenvalue weighted by atomic mass is 9.84. The van der Waals surface area contributed by atoms with Crippen LogP contribution in [0.5, 0.6) is 17.2 Å². The summed E-state index contributed by atoms with van der Waals surface area (Å²) >= 11 is 0. The summed E-state index contributed by atoms with van der Waals surface area (Å²) in [7, 11) is 3.15. The number of piperidine rings is 1. The first-order valence-electron chi connectivity index (χ1n) is 13.2. The Balaban J connectivity index is 1.81. The molecule has 38 heavy (non-hydrogen) atoms. The summed E-state index contributed by atoms with van der Waals surface area (Å²) in [4.78, 5) is 40.9. The molecular weight excluding hydrogens is 486 g/mol. The number of rotatable bonds is 11. The fourth-order valence-corrected chi connectivity index (χ4v) is 4.57. The van der Waals surface area contributed by atoms with E-state index in [0.29, 0.717) is 49.3 Å². The normalized spacial score (nSPS) is 16.4. The van der Waals surface area contributed by atoms with Gasteiger partial charge in [-0.2, -0.15) is 0 Å². The van der Waals surface area contributed by atoms with Gasteiger partial charge in [0.15, 0.2) is 11.5 Å². The maximum absolute atomic E-state index is 13.5. The third kappa shape index (κ3) is 6.85. The minimum Gasteiger partial charge on any atom is -0.508 e. The quantitative estimate of drug-likeness (QED) is 0.325. The lowest BCUT2D eigenvalue weighted by Crippen LogP contribution is -2.53. The number of benzene rings is 2. The number of esters is 1. The number of nitrogens with zero attached hydrogens (tertiary/aromatic N) is 1. The Morgan fingerprint density at radius 3 is 2.45 bits per heavy atom. The number of likely N-dealkylation sites (tertiary alicyclic amines) is 1. The van der Waals surface area contributed by atoms with Gasteiger partial charge in [0.2, 0.25) is 5.78 Å². The van der Waals surface area contributed by atoms with Gasteiger partial charge in [-0.1, -0.05) is 39.0 Å². The van der Waals surface area contributed by atoms with Crippen molar-refractivity contribution in [3.05, 3.63) is 53.6 Å². The number of carbonyl (C=O) groups is 3. The second-order valence-electron chi connectivity index (χ2n) is 10.3.